The van der Waals surface area contributed by atoms with Crippen molar-refractivity contribution in [2.75, 3.05) is 0 Å². The van der Waals surface area contributed by atoms with E-state index in [2.05, 4.69) is 89.5 Å². The van der Waals surface area contributed by atoms with Crippen molar-refractivity contribution in [2.24, 2.45) is 0 Å². The SMILES string of the molecule is CC(C)(I)n1c2ccccc2c2ccccc21. The van der Waals surface area contributed by atoms with Gasteiger partial charge in [-0.1, -0.05) is 59.0 Å². The van der Waals surface area contributed by atoms with Gasteiger partial charge in [0.05, 0.1) is 14.6 Å². The van der Waals surface area contributed by atoms with Crippen LogP contribution < -0.4 is 0 Å². The molecule has 2 aromatic carbocycles. The third-order valence-corrected chi connectivity index (χ3v) is 3.59. The van der Waals surface area contributed by atoms with Gasteiger partial charge in [-0.05, 0) is 26.0 Å². The molecule has 0 bridgehead atoms. The second kappa shape index (κ2) is 3.73. The summed E-state index contributed by atoms with van der Waals surface area (Å²) in [7, 11) is 0. The number of alkyl halides is 1. The van der Waals surface area contributed by atoms with Crippen molar-refractivity contribution in [2.45, 2.75) is 17.4 Å². The minimum Gasteiger partial charge on any atom is -0.326 e. The lowest BCUT2D eigenvalue weighted by Crippen LogP contribution is -2.17. The summed E-state index contributed by atoms with van der Waals surface area (Å²) in [5, 5.41) is 2.68. The van der Waals surface area contributed by atoms with E-state index in [9.17, 15) is 0 Å². The van der Waals surface area contributed by atoms with Crippen LogP contribution >= 0.6 is 22.6 Å². The van der Waals surface area contributed by atoms with Crippen molar-refractivity contribution in [3.63, 3.8) is 0 Å². The van der Waals surface area contributed by atoms with Crippen molar-refractivity contribution in [3.05, 3.63) is 48.5 Å². The average molecular weight is 335 g/mol. The molecule has 0 N–H and O–H groups in total. The zero-order valence-corrected chi connectivity index (χ0v) is 12.1. The summed E-state index contributed by atoms with van der Waals surface area (Å²) in [4.78, 5) is 0. The number of para-hydroxylation sites is 2. The van der Waals surface area contributed by atoms with Crippen LogP contribution in [0.3, 0.4) is 0 Å². The first kappa shape index (κ1) is 11.1. The molecule has 0 saturated heterocycles. The van der Waals surface area contributed by atoms with Crippen LogP contribution in [0, 0.1) is 0 Å². The maximum Gasteiger partial charge on any atom is 0.0910 e. The molecular formula is C15H14IN. The van der Waals surface area contributed by atoms with E-state index in [4.69, 9.17) is 0 Å². The molecule has 1 nitrogen and oxygen atoms in total. The van der Waals surface area contributed by atoms with Crippen LogP contribution in [-0.2, 0) is 3.55 Å². The Labute approximate surface area is 115 Å². The highest BCUT2D eigenvalue weighted by Crippen LogP contribution is 2.36. The van der Waals surface area contributed by atoms with Crippen molar-refractivity contribution in [1.82, 2.24) is 4.57 Å². The fraction of sp³-hybridized carbons (Fsp3) is 0.200. The van der Waals surface area contributed by atoms with Gasteiger partial charge in [-0.2, -0.15) is 0 Å². The predicted molar refractivity (Wildman–Crippen MR) is 82.8 cm³/mol. The van der Waals surface area contributed by atoms with Crippen molar-refractivity contribution >= 4 is 44.4 Å². The number of fused-ring (bicyclic) bond motifs is 3. The Bertz CT molecular complexity index is 636. The predicted octanol–water partition coefficient (Wildman–Crippen LogP) is 4.92. The largest absolute Gasteiger partial charge is 0.326 e. The Hall–Kier alpha value is -1.03. The first-order valence-electron chi connectivity index (χ1n) is 5.76. The Balaban J connectivity index is 2.60. The molecule has 0 unspecified atom stereocenters. The molecule has 0 amide bonds. The number of aromatic nitrogens is 1. The van der Waals surface area contributed by atoms with Crippen molar-refractivity contribution < 1.29 is 0 Å². The molecule has 0 aliphatic heterocycles. The van der Waals surface area contributed by atoms with E-state index in [1.165, 1.54) is 21.8 Å². The van der Waals surface area contributed by atoms with Crippen LogP contribution in [0.15, 0.2) is 48.5 Å². The number of hydrogen-bond donors (Lipinski definition) is 0. The van der Waals surface area contributed by atoms with Crippen LogP contribution in [0.1, 0.15) is 13.8 Å². The lowest BCUT2D eigenvalue weighted by atomic mass is 10.2. The molecule has 86 valence electrons. The molecule has 1 aromatic heterocycles. The molecule has 0 fully saturated rings. The topological polar surface area (TPSA) is 4.93 Å². The minimum absolute atomic E-state index is 0.0699. The fourth-order valence-electron chi connectivity index (χ4n) is 2.50. The Morgan fingerprint density at radius 1 is 0.824 bits per heavy atom. The molecule has 1 heterocycles. The summed E-state index contributed by atoms with van der Waals surface area (Å²) >= 11 is 2.50. The second-order valence-corrected chi connectivity index (χ2v) is 7.42. The Morgan fingerprint density at radius 3 is 1.65 bits per heavy atom. The van der Waals surface area contributed by atoms with Gasteiger partial charge in [0, 0.05) is 10.8 Å². The highest BCUT2D eigenvalue weighted by atomic mass is 127. The molecular weight excluding hydrogens is 321 g/mol. The number of halogens is 1. The third kappa shape index (κ3) is 1.66. The molecule has 0 spiro atoms. The van der Waals surface area contributed by atoms with E-state index in [1.807, 2.05) is 0 Å². The van der Waals surface area contributed by atoms with Gasteiger partial charge in [-0.15, -0.1) is 0 Å². The van der Waals surface area contributed by atoms with Gasteiger partial charge in [0.25, 0.3) is 0 Å². The van der Waals surface area contributed by atoms with Crippen LogP contribution in [0.5, 0.6) is 0 Å². The smallest absolute Gasteiger partial charge is 0.0910 e. The van der Waals surface area contributed by atoms with E-state index >= 15 is 0 Å². The quantitative estimate of drug-likeness (QED) is 0.439. The van der Waals surface area contributed by atoms with Crippen molar-refractivity contribution in [1.29, 1.82) is 0 Å². The van der Waals surface area contributed by atoms with Gasteiger partial charge in [-0.3, -0.25) is 0 Å². The van der Waals surface area contributed by atoms with Crippen LogP contribution in [0.25, 0.3) is 21.8 Å². The molecule has 3 aromatic rings. The maximum absolute atomic E-state index is 2.50. The molecule has 0 radical (unpaired) electrons. The number of benzene rings is 2. The van der Waals surface area contributed by atoms with Crippen LogP contribution in [0.4, 0.5) is 0 Å². The van der Waals surface area contributed by atoms with Gasteiger partial charge >= 0.3 is 0 Å². The fourth-order valence-corrected chi connectivity index (χ4v) is 3.02. The Morgan fingerprint density at radius 2 is 1.24 bits per heavy atom. The lowest BCUT2D eigenvalue weighted by Gasteiger charge is -2.22. The van der Waals surface area contributed by atoms with Crippen LogP contribution in [0.2, 0.25) is 0 Å². The van der Waals surface area contributed by atoms with Crippen LogP contribution in [-0.4, -0.2) is 4.57 Å². The Kier molecular flexibility index (Phi) is 2.43. The number of rotatable bonds is 1. The maximum atomic E-state index is 2.50. The van der Waals surface area contributed by atoms with Gasteiger partial charge in [-0.25, -0.2) is 0 Å². The van der Waals surface area contributed by atoms with Gasteiger partial charge in [0.15, 0.2) is 0 Å². The molecule has 0 atom stereocenters. The van der Waals surface area contributed by atoms with E-state index in [-0.39, 0.29) is 3.55 Å². The van der Waals surface area contributed by atoms with Crippen molar-refractivity contribution in [3.8, 4) is 0 Å². The van der Waals surface area contributed by atoms with Gasteiger partial charge in [0.2, 0.25) is 0 Å². The monoisotopic (exact) mass is 335 g/mol. The highest BCUT2D eigenvalue weighted by Gasteiger charge is 2.20. The van der Waals surface area contributed by atoms with E-state index in [0.29, 0.717) is 0 Å². The highest BCUT2D eigenvalue weighted by molar-refractivity contribution is 14.1. The standard InChI is InChI=1S/C15H14IN/c1-15(2,16)17-13-9-5-3-7-11(13)12-8-4-6-10-14(12)17/h3-10H,1-2H3. The minimum atomic E-state index is 0.0699. The normalized spacial score (nSPS) is 12.4. The van der Waals surface area contributed by atoms with E-state index < -0.39 is 0 Å². The first-order chi connectivity index (χ1) is 8.09. The molecule has 17 heavy (non-hydrogen) atoms. The zero-order valence-electron chi connectivity index (χ0n) is 9.94. The number of hydrogen-bond acceptors (Lipinski definition) is 0. The summed E-state index contributed by atoms with van der Waals surface area (Å²) < 4.78 is 2.48. The summed E-state index contributed by atoms with van der Waals surface area (Å²) in [6, 6.07) is 17.3. The van der Waals surface area contributed by atoms with Gasteiger partial charge in [0.1, 0.15) is 0 Å². The third-order valence-electron chi connectivity index (χ3n) is 3.11. The first-order valence-corrected chi connectivity index (χ1v) is 6.84. The molecule has 0 aliphatic carbocycles. The summed E-state index contributed by atoms with van der Waals surface area (Å²) in [5.74, 6) is 0. The summed E-state index contributed by atoms with van der Waals surface area (Å²) in [6.45, 7) is 4.49. The zero-order chi connectivity index (χ0) is 12.0. The summed E-state index contributed by atoms with van der Waals surface area (Å²) in [6.07, 6.45) is 0. The average Bonchev–Trinajstić information content (AvgIpc) is 2.63. The summed E-state index contributed by atoms with van der Waals surface area (Å²) in [5.41, 5.74) is 2.63. The molecule has 0 saturated carbocycles. The van der Waals surface area contributed by atoms with Gasteiger partial charge < -0.3 is 4.57 Å². The second-order valence-electron chi connectivity index (χ2n) is 4.78. The number of nitrogens with zero attached hydrogens (tertiary/aromatic N) is 1. The van der Waals surface area contributed by atoms with E-state index in [1.54, 1.807) is 0 Å². The molecule has 0 aliphatic rings. The lowest BCUT2D eigenvalue weighted by molar-refractivity contribution is 0.609. The molecule has 3 rings (SSSR count). The molecule has 2 heteroatoms. The van der Waals surface area contributed by atoms with E-state index in [0.717, 1.165) is 0 Å².